The van der Waals surface area contributed by atoms with Gasteiger partial charge in [-0.3, -0.25) is 0 Å². The maximum atomic E-state index is 3.62. The maximum Gasteiger partial charge on any atom is 0.160 e. The topological polar surface area (TPSA) is 6.48 Å². The molecule has 0 saturated carbocycles. The average Bonchev–Trinajstić information content (AvgIpc) is 2.25. The number of hydrogen-bond acceptors (Lipinski definition) is 2. The molecular formula is C7H11Br3N2. The van der Waals surface area contributed by atoms with Gasteiger partial charge in [-0.25, -0.2) is 0 Å². The summed E-state index contributed by atoms with van der Waals surface area (Å²) < 4.78 is 2.24. The molecule has 0 aromatic heterocycles. The van der Waals surface area contributed by atoms with E-state index in [4.69, 9.17) is 0 Å². The zero-order valence-electron chi connectivity index (χ0n) is 7.02. The Morgan fingerprint density at radius 2 is 1.42 bits per heavy atom. The Kier molecular flexibility index (Phi) is 3.92. The van der Waals surface area contributed by atoms with Crippen molar-refractivity contribution in [1.82, 2.24) is 9.80 Å². The molecule has 0 unspecified atom stereocenters. The van der Waals surface area contributed by atoms with E-state index in [1.165, 1.54) is 0 Å². The van der Waals surface area contributed by atoms with Crippen LogP contribution < -0.4 is 0 Å². The number of nitrogens with zero attached hydrogens (tertiary/aromatic N) is 2. The molecule has 1 aliphatic rings. The van der Waals surface area contributed by atoms with Crippen molar-refractivity contribution in [2.45, 2.75) is 18.9 Å². The van der Waals surface area contributed by atoms with E-state index in [9.17, 15) is 0 Å². The Balaban J connectivity index is 2.86. The van der Waals surface area contributed by atoms with Gasteiger partial charge in [-0.2, -0.15) is 0 Å². The molecule has 0 fully saturated rings. The molecule has 1 heterocycles. The van der Waals surface area contributed by atoms with Crippen molar-refractivity contribution in [1.29, 1.82) is 0 Å². The lowest BCUT2D eigenvalue weighted by molar-refractivity contribution is 0.250. The van der Waals surface area contributed by atoms with Gasteiger partial charge in [0.25, 0.3) is 0 Å². The summed E-state index contributed by atoms with van der Waals surface area (Å²) in [5.74, 6) is 0. The van der Waals surface area contributed by atoms with Crippen LogP contribution in [0.3, 0.4) is 0 Å². The summed E-state index contributed by atoms with van der Waals surface area (Å²) in [6.45, 7) is 6.24. The third-order valence-electron chi connectivity index (χ3n) is 1.87. The first kappa shape index (κ1) is 10.9. The van der Waals surface area contributed by atoms with E-state index in [2.05, 4.69) is 71.4 Å². The molecule has 1 rings (SSSR count). The molecule has 70 valence electrons. The molecule has 0 aromatic carbocycles. The summed E-state index contributed by atoms with van der Waals surface area (Å²) >= 11 is 10.7. The van der Waals surface area contributed by atoms with Crippen molar-refractivity contribution >= 4 is 47.8 Å². The largest absolute Gasteiger partial charge is 0.335 e. The van der Waals surface area contributed by atoms with Crippen molar-refractivity contribution in [2.75, 3.05) is 13.1 Å². The van der Waals surface area contributed by atoms with E-state index < -0.39 is 0 Å². The molecule has 0 aliphatic carbocycles. The molecule has 12 heavy (non-hydrogen) atoms. The Bertz CT molecular complexity index is 185. The molecule has 0 spiro atoms. The van der Waals surface area contributed by atoms with E-state index in [-0.39, 0.29) is 5.08 Å². The lowest BCUT2D eigenvalue weighted by Gasteiger charge is -2.27. The van der Waals surface area contributed by atoms with Gasteiger partial charge in [-0.1, -0.05) is 0 Å². The van der Waals surface area contributed by atoms with Crippen LogP contribution in [0.5, 0.6) is 0 Å². The maximum absolute atomic E-state index is 3.62. The third-order valence-corrected chi connectivity index (χ3v) is 5.05. The Morgan fingerprint density at radius 1 is 1.08 bits per heavy atom. The molecular weight excluding hydrogens is 352 g/mol. The zero-order valence-corrected chi connectivity index (χ0v) is 11.8. The Labute approximate surface area is 98.4 Å². The highest BCUT2D eigenvalue weighted by atomic mass is 79.9. The second kappa shape index (κ2) is 4.33. The third kappa shape index (κ3) is 1.68. The smallest absolute Gasteiger partial charge is 0.160 e. The quantitative estimate of drug-likeness (QED) is 0.549. The van der Waals surface area contributed by atoms with Crippen molar-refractivity contribution in [3.63, 3.8) is 0 Å². The van der Waals surface area contributed by atoms with Gasteiger partial charge in [-0.15, -0.1) is 0 Å². The minimum atomic E-state index is 0.274. The summed E-state index contributed by atoms with van der Waals surface area (Å²) in [5, 5.41) is 0.274. The molecule has 2 nitrogen and oxygen atoms in total. The van der Waals surface area contributed by atoms with Crippen molar-refractivity contribution in [2.24, 2.45) is 0 Å². The summed E-state index contributed by atoms with van der Waals surface area (Å²) in [6.07, 6.45) is 0. The summed E-state index contributed by atoms with van der Waals surface area (Å²) in [6, 6.07) is 0. The summed E-state index contributed by atoms with van der Waals surface area (Å²) in [5.41, 5.74) is 0. The fraction of sp³-hybridized carbons (Fsp3) is 0.714. The van der Waals surface area contributed by atoms with Crippen LogP contribution in [-0.4, -0.2) is 28.0 Å². The molecule has 0 aromatic rings. The predicted molar refractivity (Wildman–Crippen MR) is 62.4 cm³/mol. The minimum absolute atomic E-state index is 0.274. The first-order valence-electron chi connectivity index (χ1n) is 3.86. The molecule has 0 N–H and O–H groups in total. The lowest BCUT2D eigenvalue weighted by atomic mass is 10.6. The molecule has 1 aliphatic heterocycles. The zero-order chi connectivity index (χ0) is 9.30. The summed E-state index contributed by atoms with van der Waals surface area (Å²) in [4.78, 5) is 4.46. The monoisotopic (exact) mass is 360 g/mol. The van der Waals surface area contributed by atoms with E-state index >= 15 is 0 Å². The van der Waals surface area contributed by atoms with Crippen molar-refractivity contribution in [3.8, 4) is 0 Å². The standard InChI is InChI=1S/C7H11Br3N2/c1-3-11-5(8)6(9)12(4-2)7(11)10/h7H,3-4H2,1-2H3. The van der Waals surface area contributed by atoms with Gasteiger partial charge in [0, 0.05) is 13.1 Å². The Hall–Kier alpha value is 0.780. The first-order valence-corrected chi connectivity index (χ1v) is 6.36. The van der Waals surface area contributed by atoms with Crippen LogP contribution in [0.2, 0.25) is 0 Å². The van der Waals surface area contributed by atoms with Crippen LogP contribution >= 0.6 is 47.8 Å². The van der Waals surface area contributed by atoms with Gasteiger partial charge in [0.1, 0.15) is 9.21 Å². The van der Waals surface area contributed by atoms with Crippen molar-refractivity contribution < 1.29 is 0 Å². The van der Waals surface area contributed by atoms with Gasteiger partial charge in [0.15, 0.2) is 5.08 Å². The van der Waals surface area contributed by atoms with Crippen LogP contribution in [0.1, 0.15) is 13.8 Å². The van der Waals surface area contributed by atoms with Crippen LogP contribution in [0.4, 0.5) is 0 Å². The molecule has 0 amide bonds. The molecule has 0 bridgehead atoms. The normalized spacial score (nSPS) is 19.8. The summed E-state index contributed by atoms with van der Waals surface area (Å²) in [7, 11) is 0. The molecule has 0 atom stereocenters. The SMILES string of the molecule is CCN1C(Br)=C(Br)N(CC)C1Br. The van der Waals surface area contributed by atoms with Crippen LogP contribution in [0.15, 0.2) is 9.21 Å². The van der Waals surface area contributed by atoms with Gasteiger partial charge in [0.2, 0.25) is 0 Å². The number of halogens is 3. The van der Waals surface area contributed by atoms with E-state index in [0.29, 0.717) is 0 Å². The van der Waals surface area contributed by atoms with Crippen LogP contribution in [0.25, 0.3) is 0 Å². The lowest BCUT2D eigenvalue weighted by Crippen LogP contribution is -2.34. The number of rotatable bonds is 2. The van der Waals surface area contributed by atoms with Crippen LogP contribution in [0, 0.1) is 0 Å². The molecule has 0 saturated heterocycles. The fourth-order valence-electron chi connectivity index (χ4n) is 1.17. The van der Waals surface area contributed by atoms with Gasteiger partial charge >= 0.3 is 0 Å². The average molecular weight is 363 g/mol. The van der Waals surface area contributed by atoms with Gasteiger partial charge < -0.3 is 9.80 Å². The number of alkyl halides is 1. The van der Waals surface area contributed by atoms with Crippen LogP contribution in [-0.2, 0) is 0 Å². The molecule has 0 radical (unpaired) electrons. The molecule has 5 heteroatoms. The highest BCUT2D eigenvalue weighted by molar-refractivity contribution is 9.14. The van der Waals surface area contributed by atoms with Gasteiger partial charge in [0.05, 0.1) is 0 Å². The second-order valence-corrected chi connectivity index (χ2v) is 4.79. The highest BCUT2D eigenvalue weighted by Crippen LogP contribution is 2.38. The van der Waals surface area contributed by atoms with Gasteiger partial charge in [-0.05, 0) is 61.6 Å². The van der Waals surface area contributed by atoms with Crippen molar-refractivity contribution in [3.05, 3.63) is 9.21 Å². The number of hydrogen-bond donors (Lipinski definition) is 0. The Morgan fingerprint density at radius 3 is 1.58 bits per heavy atom. The van der Waals surface area contributed by atoms with E-state index in [0.717, 1.165) is 22.3 Å². The first-order chi connectivity index (χ1) is 5.63. The predicted octanol–water partition coefficient (Wildman–Crippen LogP) is 3.24. The van der Waals surface area contributed by atoms with E-state index in [1.54, 1.807) is 0 Å². The second-order valence-electron chi connectivity index (χ2n) is 2.46. The van der Waals surface area contributed by atoms with E-state index in [1.807, 2.05) is 0 Å². The highest BCUT2D eigenvalue weighted by Gasteiger charge is 2.31. The fourth-order valence-corrected chi connectivity index (χ4v) is 4.05. The minimum Gasteiger partial charge on any atom is -0.335 e.